The maximum atomic E-state index is 12.3. The van der Waals surface area contributed by atoms with Gasteiger partial charge in [0.15, 0.2) is 9.84 Å². The normalized spacial score (nSPS) is 11.6. The summed E-state index contributed by atoms with van der Waals surface area (Å²) in [5, 5.41) is 4.02. The van der Waals surface area contributed by atoms with Gasteiger partial charge in [0.25, 0.3) is 0 Å². The van der Waals surface area contributed by atoms with E-state index in [9.17, 15) is 8.42 Å². The van der Waals surface area contributed by atoms with Crippen LogP contribution in [0.2, 0.25) is 0 Å². The van der Waals surface area contributed by atoms with Crippen molar-refractivity contribution in [3.8, 4) is 0 Å². The second-order valence-electron chi connectivity index (χ2n) is 4.20. The summed E-state index contributed by atoms with van der Waals surface area (Å²) >= 11 is 0. The number of sulfone groups is 1. The summed E-state index contributed by atoms with van der Waals surface area (Å²) in [4.78, 5) is 4.15. The molecule has 0 aliphatic heterocycles. The third kappa shape index (κ3) is 2.93. The van der Waals surface area contributed by atoms with Crippen LogP contribution in [-0.4, -0.2) is 23.2 Å². The summed E-state index contributed by atoms with van der Waals surface area (Å²) in [7, 11) is -3.50. The Morgan fingerprint density at radius 2 is 2.05 bits per heavy atom. The SMILES string of the molecule is CCCn1ncnc1CS(=O)(=O)c1ccccc1N. The first-order valence-corrected chi connectivity index (χ1v) is 7.63. The fourth-order valence-electron chi connectivity index (χ4n) is 1.81. The Balaban J connectivity index is 2.32. The van der Waals surface area contributed by atoms with Gasteiger partial charge in [-0.15, -0.1) is 0 Å². The van der Waals surface area contributed by atoms with Gasteiger partial charge in [0, 0.05) is 6.54 Å². The van der Waals surface area contributed by atoms with Gasteiger partial charge in [-0.1, -0.05) is 19.1 Å². The average Bonchev–Trinajstić information content (AvgIpc) is 2.77. The highest BCUT2D eigenvalue weighted by Crippen LogP contribution is 2.21. The van der Waals surface area contributed by atoms with E-state index in [0.717, 1.165) is 6.42 Å². The highest BCUT2D eigenvalue weighted by molar-refractivity contribution is 7.90. The Morgan fingerprint density at radius 1 is 1.32 bits per heavy atom. The predicted octanol–water partition coefficient (Wildman–Crippen LogP) is 1.24. The average molecular weight is 280 g/mol. The number of rotatable bonds is 5. The maximum absolute atomic E-state index is 12.3. The lowest BCUT2D eigenvalue weighted by atomic mass is 10.3. The van der Waals surface area contributed by atoms with E-state index in [1.165, 1.54) is 12.4 Å². The number of benzene rings is 1. The summed E-state index contributed by atoms with van der Waals surface area (Å²) in [6, 6.07) is 6.43. The lowest BCUT2D eigenvalue weighted by Gasteiger charge is -2.08. The fourth-order valence-corrected chi connectivity index (χ4v) is 3.24. The van der Waals surface area contributed by atoms with Crippen LogP contribution in [0.15, 0.2) is 35.5 Å². The van der Waals surface area contributed by atoms with Crippen molar-refractivity contribution in [2.45, 2.75) is 30.5 Å². The first-order valence-electron chi connectivity index (χ1n) is 5.98. The zero-order chi connectivity index (χ0) is 13.9. The molecular weight excluding hydrogens is 264 g/mol. The Kier molecular flexibility index (Phi) is 3.84. The van der Waals surface area contributed by atoms with Crippen molar-refractivity contribution in [1.29, 1.82) is 0 Å². The Labute approximate surface area is 112 Å². The summed E-state index contributed by atoms with van der Waals surface area (Å²) < 4.78 is 26.2. The lowest BCUT2D eigenvalue weighted by Crippen LogP contribution is -2.13. The summed E-state index contributed by atoms with van der Waals surface area (Å²) in [6.45, 7) is 2.64. The molecule has 0 radical (unpaired) electrons. The van der Waals surface area contributed by atoms with E-state index in [1.807, 2.05) is 6.92 Å². The first kappa shape index (κ1) is 13.5. The highest BCUT2D eigenvalue weighted by Gasteiger charge is 2.20. The molecule has 0 aliphatic carbocycles. The van der Waals surface area contributed by atoms with Crippen LogP contribution in [0.5, 0.6) is 0 Å². The van der Waals surface area contributed by atoms with Crippen molar-refractivity contribution in [3.63, 3.8) is 0 Å². The highest BCUT2D eigenvalue weighted by atomic mass is 32.2. The minimum absolute atomic E-state index is 0.140. The quantitative estimate of drug-likeness (QED) is 0.832. The van der Waals surface area contributed by atoms with Crippen LogP contribution in [0.25, 0.3) is 0 Å². The Morgan fingerprint density at radius 3 is 2.74 bits per heavy atom. The molecule has 1 aromatic carbocycles. The molecule has 1 heterocycles. The molecule has 19 heavy (non-hydrogen) atoms. The van der Waals surface area contributed by atoms with E-state index in [0.29, 0.717) is 12.4 Å². The molecule has 0 fully saturated rings. The molecule has 6 nitrogen and oxygen atoms in total. The number of aryl methyl sites for hydroxylation is 1. The van der Waals surface area contributed by atoms with Gasteiger partial charge < -0.3 is 5.73 Å². The molecule has 1 aromatic heterocycles. The minimum Gasteiger partial charge on any atom is -0.398 e. The van der Waals surface area contributed by atoms with Gasteiger partial charge >= 0.3 is 0 Å². The summed E-state index contributed by atoms with van der Waals surface area (Å²) in [5.41, 5.74) is 5.96. The van der Waals surface area contributed by atoms with Gasteiger partial charge in [-0.25, -0.2) is 18.1 Å². The van der Waals surface area contributed by atoms with Crippen molar-refractivity contribution in [2.75, 3.05) is 5.73 Å². The molecule has 0 amide bonds. The van der Waals surface area contributed by atoms with Crippen LogP contribution < -0.4 is 5.73 Å². The Bertz CT molecular complexity index is 664. The number of anilines is 1. The third-order valence-electron chi connectivity index (χ3n) is 2.70. The largest absolute Gasteiger partial charge is 0.398 e. The Hall–Kier alpha value is -1.89. The zero-order valence-corrected chi connectivity index (χ0v) is 11.5. The molecule has 0 bridgehead atoms. The van der Waals surface area contributed by atoms with Crippen LogP contribution >= 0.6 is 0 Å². The van der Waals surface area contributed by atoms with E-state index < -0.39 is 9.84 Å². The van der Waals surface area contributed by atoms with Crippen LogP contribution in [0, 0.1) is 0 Å². The molecule has 0 spiro atoms. The van der Waals surface area contributed by atoms with E-state index >= 15 is 0 Å². The minimum atomic E-state index is -3.50. The van der Waals surface area contributed by atoms with E-state index in [4.69, 9.17) is 5.73 Å². The summed E-state index contributed by atoms with van der Waals surface area (Å²) in [5.74, 6) is 0.242. The molecule has 0 unspecified atom stereocenters. The van der Waals surface area contributed by atoms with Crippen LogP contribution in [-0.2, 0) is 22.1 Å². The second-order valence-corrected chi connectivity index (χ2v) is 6.15. The van der Waals surface area contributed by atoms with Crippen LogP contribution in [0.3, 0.4) is 0 Å². The number of nitrogens with zero attached hydrogens (tertiary/aromatic N) is 3. The van der Waals surface area contributed by atoms with E-state index in [-0.39, 0.29) is 16.3 Å². The van der Waals surface area contributed by atoms with Gasteiger partial charge in [-0.2, -0.15) is 5.10 Å². The number of hydrogen-bond donors (Lipinski definition) is 1. The zero-order valence-electron chi connectivity index (χ0n) is 10.7. The van der Waals surface area contributed by atoms with Crippen LogP contribution in [0.1, 0.15) is 19.2 Å². The molecule has 0 atom stereocenters. The molecule has 0 aliphatic rings. The van der Waals surface area contributed by atoms with Crippen molar-refractivity contribution < 1.29 is 8.42 Å². The fraction of sp³-hybridized carbons (Fsp3) is 0.333. The molecular formula is C12H16N4O2S. The van der Waals surface area contributed by atoms with Gasteiger partial charge in [0.2, 0.25) is 0 Å². The molecule has 0 saturated carbocycles. The predicted molar refractivity (Wildman–Crippen MR) is 72.1 cm³/mol. The monoisotopic (exact) mass is 280 g/mol. The smallest absolute Gasteiger partial charge is 0.187 e. The topological polar surface area (TPSA) is 90.9 Å². The van der Waals surface area contributed by atoms with Crippen LogP contribution in [0.4, 0.5) is 5.69 Å². The van der Waals surface area contributed by atoms with Gasteiger partial charge in [0.1, 0.15) is 17.9 Å². The van der Waals surface area contributed by atoms with E-state index in [2.05, 4.69) is 10.1 Å². The molecule has 0 saturated heterocycles. The standard InChI is InChI=1S/C12H16N4O2S/c1-2-7-16-12(14-9-15-16)8-19(17,18)11-6-4-3-5-10(11)13/h3-6,9H,2,7-8,13H2,1H3. The number of hydrogen-bond acceptors (Lipinski definition) is 5. The van der Waals surface area contributed by atoms with Crippen molar-refractivity contribution in [3.05, 3.63) is 36.4 Å². The molecule has 2 N–H and O–H groups in total. The third-order valence-corrected chi connectivity index (χ3v) is 4.38. The van der Waals surface area contributed by atoms with Crippen molar-refractivity contribution in [2.24, 2.45) is 0 Å². The van der Waals surface area contributed by atoms with Crippen molar-refractivity contribution >= 4 is 15.5 Å². The number of nitrogens with two attached hydrogens (primary N) is 1. The summed E-state index contributed by atoms with van der Waals surface area (Å²) in [6.07, 6.45) is 2.23. The molecule has 2 rings (SSSR count). The number of nitrogen functional groups attached to an aromatic ring is 1. The number of para-hydroxylation sites is 1. The molecule has 102 valence electrons. The van der Waals surface area contributed by atoms with Gasteiger partial charge in [-0.05, 0) is 18.6 Å². The van der Waals surface area contributed by atoms with Gasteiger partial charge in [-0.3, -0.25) is 0 Å². The number of aromatic nitrogens is 3. The van der Waals surface area contributed by atoms with Gasteiger partial charge in [0.05, 0.1) is 10.6 Å². The lowest BCUT2D eigenvalue weighted by molar-refractivity contribution is 0.566. The second kappa shape index (κ2) is 5.40. The molecule has 7 heteroatoms. The van der Waals surface area contributed by atoms with E-state index in [1.54, 1.807) is 22.9 Å². The van der Waals surface area contributed by atoms with Crippen molar-refractivity contribution in [1.82, 2.24) is 14.8 Å². The first-order chi connectivity index (χ1) is 9.04. The molecule has 2 aromatic rings. The maximum Gasteiger partial charge on any atom is 0.187 e.